The molecule has 0 amide bonds. The van der Waals surface area contributed by atoms with Crippen LogP contribution in [0.2, 0.25) is 0 Å². The van der Waals surface area contributed by atoms with Crippen molar-refractivity contribution in [1.82, 2.24) is 0 Å². The van der Waals surface area contributed by atoms with Crippen molar-refractivity contribution in [3.8, 4) is 22.3 Å². The summed E-state index contributed by atoms with van der Waals surface area (Å²) in [5.41, 5.74) is 13.6. The van der Waals surface area contributed by atoms with Gasteiger partial charge >= 0.3 is 0 Å². The van der Waals surface area contributed by atoms with Gasteiger partial charge in [0.15, 0.2) is 0 Å². The minimum atomic E-state index is 1.10. The van der Waals surface area contributed by atoms with Crippen LogP contribution < -0.4 is 0 Å². The molecular weight excluding hydrogens is 468 g/mol. The molecule has 0 radical (unpaired) electrons. The fraction of sp³-hybridized carbons (Fsp3) is 0.128. The fourth-order valence-electron chi connectivity index (χ4n) is 5.01. The molecule has 0 saturated heterocycles. The Kier molecular flexibility index (Phi) is 8.04. The van der Waals surface area contributed by atoms with Crippen LogP contribution in [0.5, 0.6) is 0 Å². The van der Waals surface area contributed by atoms with Crippen LogP contribution >= 0.6 is 0 Å². The van der Waals surface area contributed by atoms with Gasteiger partial charge in [-0.05, 0) is 84.3 Å². The summed E-state index contributed by atoms with van der Waals surface area (Å²) in [6.45, 7) is 8.45. The Morgan fingerprint density at radius 3 is 1.36 bits per heavy atom. The third-order valence-electron chi connectivity index (χ3n) is 7.30. The Morgan fingerprint density at radius 2 is 0.795 bits per heavy atom. The standard InChI is InChI=1S/C18H16.C13H10.C8H10/c1-13-3-6-15(7-4-13)17-10-9-16-8-5-14(2)11-18(16)12-17;1-3-7-12-10(5-1)9-11-6-2-4-8-13(11)12;1-7-3-5-8(2)6-4-7/h3-12H,1-2H3;1-8H,9H2;3-6H,1-2H3. The molecule has 1 aliphatic rings. The number of rotatable bonds is 1. The lowest BCUT2D eigenvalue weighted by Gasteiger charge is -2.05. The van der Waals surface area contributed by atoms with Gasteiger partial charge in [-0.2, -0.15) is 0 Å². The zero-order chi connectivity index (χ0) is 27.2. The van der Waals surface area contributed by atoms with E-state index in [0.717, 1.165) is 6.42 Å². The number of benzene rings is 6. The van der Waals surface area contributed by atoms with Crippen molar-refractivity contribution in [1.29, 1.82) is 0 Å². The number of hydrogen-bond donors (Lipinski definition) is 0. The zero-order valence-corrected chi connectivity index (χ0v) is 23.4. The molecule has 0 unspecified atom stereocenters. The quantitative estimate of drug-likeness (QED) is 0.208. The highest BCUT2D eigenvalue weighted by Crippen LogP contribution is 2.35. The van der Waals surface area contributed by atoms with Crippen molar-refractivity contribution in [2.45, 2.75) is 34.1 Å². The second kappa shape index (κ2) is 12.0. The van der Waals surface area contributed by atoms with E-state index < -0.39 is 0 Å². The first-order valence-electron chi connectivity index (χ1n) is 13.7. The van der Waals surface area contributed by atoms with Crippen molar-refractivity contribution >= 4 is 10.8 Å². The van der Waals surface area contributed by atoms with E-state index in [1.807, 2.05) is 0 Å². The maximum absolute atomic E-state index is 2.27. The van der Waals surface area contributed by atoms with Crippen molar-refractivity contribution in [3.05, 3.63) is 167 Å². The largest absolute Gasteiger partial charge is 0.0619 e. The average Bonchev–Trinajstić information content (AvgIpc) is 3.34. The normalized spacial score (nSPS) is 11.0. The smallest absolute Gasteiger partial charge is 0.00135 e. The molecule has 0 atom stereocenters. The lowest BCUT2D eigenvalue weighted by Crippen LogP contribution is -1.81. The monoisotopic (exact) mass is 504 g/mol. The van der Waals surface area contributed by atoms with Gasteiger partial charge in [-0.25, -0.2) is 0 Å². The third kappa shape index (κ3) is 6.54. The second-order valence-corrected chi connectivity index (χ2v) is 10.6. The van der Waals surface area contributed by atoms with Crippen molar-refractivity contribution < 1.29 is 0 Å². The van der Waals surface area contributed by atoms with Crippen LogP contribution in [0.15, 0.2) is 133 Å². The molecule has 0 aliphatic heterocycles. The van der Waals surface area contributed by atoms with E-state index in [9.17, 15) is 0 Å². The summed E-state index contributed by atoms with van der Waals surface area (Å²) in [6.07, 6.45) is 1.10. The SMILES string of the molecule is Cc1ccc(-c2ccc3ccc(C)cc3c2)cc1.Cc1ccc(C)cc1.c1ccc2c(c1)Cc1ccccc1-2. The van der Waals surface area contributed by atoms with Crippen molar-refractivity contribution in [3.63, 3.8) is 0 Å². The summed E-state index contributed by atoms with van der Waals surface area (Å²) in [5.74, 6) is 0. The molecule has 0 saturated carbocycles. The Bertz CT molecular complexity index is 1620. The van der Waals surface area contributed by atoms with Crippen LogP contribution in [0, 0.1) is 27.7 Å². The van der Waals surface area contributed by atoms with Crippen LogP contribution in [0.3, 0.4) is 0 Å². The van der Waals surface area contributed by atoms with Gasteiger partial charge < -0.3 is 0 Å². The van der Waals surface area contributed by atoms with Gasteiger partial charge in [0.2, 0.25) is 0 Å². The highest BCUT2D eigenvalue weighted by Gasteiger charge is 2.15. The Labute approximate surface area is 233 Å². The molecule has 0 bridgehead atoms. The average molecular weight is 505 g/mol. The van der Waals surface area contributed by atoms with Gasteiger partial charge in [0, 0.05) is 0 Å². The van der Waals surface area contributed by atoms with E-state index in [1.54, 1.807) is 0 Å². The summed E-state index contributed by atoms with van der Waals surface area (Å²) in [6, 6.07) is 47.7. The molecule has 0 heterocycles. The highest BCUT2D eigenvalue weighted by molar-refractivity contribution is 5.87. The molecule has 0 nitrogen and oxygen atoms in total. The van der Waals surface area contributed by atoms with Gasteiger partial charge in [-0.15, -0.1) is 0 Å². The fourth-order valence-corrected chi connectivity index (χ4v) is 5.01. The van der Waals surface area contributed by atoms with Crippen LogP contribution in [0.4, 0.5) is 0 Å². The van der Waals surface area contributed by atoms with Crippen molar-refractivity contribution in [2.24, 2.45) is 0 Å². The zero-order valence-electron chi connectivity index (χ0n) is 23.4. The lowest BCUT2D eigenvalue weighted by atomic mass is 9.99. The van der Waals surface area contributed by atoms with E-state index in [1.165, 1.54) is 66.4 Å². The number of hydrogen-bond acceptors (Lipinski definition) is 0. The molecule has 6 aromatic rings. The number of aryl methyl sites for hydroxylation is 4. The van der Waals surface area contributed by atoms with E-state index in [-0.39, 0.29) is 0 Å². The van der Waals surface area contributed by atoms with Crippen LogP contribution in [-0.4, -0.2) is 0 Å². The first kappa shape index (κ1) is 26.2. The molecule has 0 N–H and O–H groups in total. The predicted octanol–water partition coefficient (Wildman–Crippen LogP) is 10.7. The maximum Gasteiger partial charge on any atom is -0.00135 e. The topological polar surface area (TPSA) is 0 Å². The van der Waals surface area contributed by atoms with Gasteiger partial charge in [0.1, 0.15) is 0 Å². The predicted molar refractivity (Wildman–Crippen MR) is 169 cm³/mol. The second-order valence-electron chi connectivity index (χ2n) is 10.6. The minimum Gasteiger partial charge on any atom is -0.0619 e. The lowest BCUT2D eigenvalue weighted by molar-refractivity contribution is 1.26. The Hall–Kier alpha value is -4.42. The van der Waals surface area contributed by atoms with E-state index in [0.29, 0.717) is 0 Å². The van der Waals surface area contributed by atoms with Crippen LogP contribution in [-0.2, 0) is 6.42 Å². The van der Waals surface area contributed by atoms with Gasteiger partial charge in [0.25, 0.3) is 0 Å². The Balaban J connectivity index is 0.000000128. The molecule has 7 rings (SSSR count). The summed E-state index contributed by atoms with van der Waals surface area (Å²) in [4.78, 5) is 0. The van der Waals surface area contributed by atoms with E-state index in [4.69, 9.17) is 0 Å². The minimum absolute atomic E-state index is 1.10. The summed E-state index contributed by atoms with van der Waals surface area (Å²) in [5, 5.41) is 2.62. The summed E-state index contributed by atoms with van der Waals surface area (Å²) in [7, 11) is 0. The van der Waals surface area contributed by atoms with Crippen LogP contribution in [0.1, 0.15) is 33.4 Å². The van der Waals surface area contributed by atoms with Crippen molar-refractivity contribution in [2.75, 3.05) is 0 Å². The van der Waals surface area contributed by atoms with Gasteiger partial charge in [0.05, 0.1) is 0 Å². The summed E-state index contributed by atoms with van der Waals surface area (Å²) >= 11 is 0. The summed E-state index contributed by atoms with van der Waals surface area (Å²) < 4.78 is 0. The molecule has 6 aromatic carbocycles. The molecule has 0 fully saturated rings. The Morgan fingerprint density at radius 1 is 0.359 bits per heavy atom. The molecule has 0 heteroatoms. The molecule has 1 aliphatic carbocycles. The molecule has 0 spiro atoms. The van der Waals surface area contributed by atoms with Gasteiger partial charge in [-0.3, -0.25) is 0 Å². The number of fused-ring (bicyclic) bond motifs is 4. The molecule has 192 valence electrons. The third-order valence-corrected chi connectivity index (χ3v) is 7.30. The molecular formula is C39H36. The first-order chi connectivity index (χ1) is 19.0. The molecule has 0 aromatic heterocycles. The van der Waals surface area contributed by atoms with Crippen LogP contribution in [0.25, 0.3) is 33.0 Å². The maximum atomic E-state index is 2.27. The van der Waals surface area contributed by atoms with E-state index in [2.05, 4.69) is 161 Å². The molecule has 39 heavy (non-hydrogen) atoms. The van der Waals surface area contributed by atoms with Gasteiger partial charge in [-0.1, -0.05) is 150 Å². The highest BCUT2D eigenvalue weighted by atomic mass is 14.2. The first-order valence-corrected chi connectivity index (χ1v) is 13.7. The van der Waals surface area contributed by atoms with E-state index >= 15 is 0 Å².